The van der Waals surface area contributed by atoms with Gasteiger partial charge in [-0.3, -0.25) is 0 Å². The average Bonchev–Trinajstić information content (AvgIpc) is 1.56. The van der Waals surface area contributed by atoms with Crippen LogP contribution < -0.4 is 0 Å². The maximum Gasteiger partial charge on any atom is 0.192 e. The van der Waals surface area contributed by atoms with Gasteiger partial charge in [-0.2, -0.15) is 0 Å². The summed E-state index contributed by atoms with van der Waals surface area (Å²) < 4.78 is 29.3. The minimum Gasteiger partial charge on any atom is -0.413 e. The van der Waals surface area contributed by atoms with Gasteiger partial charge in [0, 0.05) is 12.8 Å². The van der Waals surface area contributed by atoms with Gasteiger partial charge in [-0.25, -0.2) is 0 Å². The van der Waals surface area contributed by atoms with Crippen molar-refractivity contribution in [2.75, 3.05) is 0 Å². The summed E-state index contributed by atoms with van der Waals surface area (Å²) in [5.41, 5.74) is 9.43. The molecule has 6 aliphatic rings. The Morgan fingerprint density at radius 1 is 0.424 bits per heavy atom. The van der Waals surface area contributed by atoms with E-state index in [1.807, 2.05) is 0 Å². The van der Waals surface area contributed by atoms with Crippen molar-refractivity contribution >= 4 is 33.3 Å². The molecular weight excluding hydrogens is 1190 g/mol. The molecule has 0 aromatic rings. The summed E-state index contributed by atoms with van der Waals surface area (Å²) in [6.07, 6.45) is 41.8. The lowest BCUT2D eigenvalue weighted by atomic mass is 9.57. The van der Waals surface area contributed by atoms with Crippen molar-refractivity contribution in [3.8, 4) is 0 Å². The van der Waals surface area contributed by atoms with E-state index in [0.29, 0.717) is 22.7 Å². The lowest BCUT2D eigenvalue weighted by molar-refractivity contribution is 0.0618. The molecule has 0 saturated heterocycles. The van der Waals surface area contributed by atoms with E-state index in [9.17, 15) is 0 Å². The van der Waals surface area contributed by atoms with Crippen molar-refractivity contribution in [2.45, 2.75) is 390 Å². The molecule has 0 radical (unpaired) electrons. The monoisotopic (exact) mass is 1340 g/mol. The zero-order valence-electron chi connectivity index (χ0n) is 66.4. The number of hydrogen-bond acceptors (Lipinski definition) is 4. The van der Waals surface area contributed by atoms with Crippen molar-refractivity contribution < 1.29 is 17.7 Å². The fourth-order valence-electron chi connectivity index (χ4n) is 18.2. The quantitative estimate of drug-likeness (QED) is 0.0607. The van der Waals surface area contributed by atoms with Gasteiger partial charge in [-0.05, 0) is 229 Å². The normalized spacial score (nSPS) is 32.6. The summed E-state index contributed by atoms with van der Waals surface area (Å²) in [4.78, 5) is 0. The van der Waals surface area contributed by atoms with Gasteiger partial charge in [0.2, 0.25) is 0 Å². The number of allylic oxidation sites excluding steroid dienone is 6. The summed E-state index contributed by atoms with van der Waals surface area (Å²) in [5.74, 6) is 7.61. The standard InChI is InChI=1S/C84H154O4Si4/c1-59(2)37-35-39-61(5)73-47-49-75-69(45-43-67-53-71(85-89(23,24)79(9,10)11)55-77(63(67)7)87-91(27,28)81(15,16)17)51-65(57-83(73,75)21)41-33-31-32-34-42-66-52-70(76-50-48-74(84(76,22)58-66)62(6)40-36-38-60(3)4)46-44-68-54-72(86-90(25,26)80(12,13)14)56-78(64(68)8)88-92(29,30)82(18,19)20/h43-46,59-62,65-66,71-78H,7-8,31-42,47-58H2,1-6,9-30H3/b67-43-,68-44-,69-45+,70-46+/t61-,62-,65+,66+,71-,72-,73-,74-,75+,76+,77+,78+,83-,84-/m1/s1. The van der Waals surface area contributed by atoms with E-state index in [0.717, 1.165) is 73.0 Å². The molecule has 0 aromatic carbocycles. The molecule has 0 N–H and O–H groups in total. The second-order valence-corrected chi connectivity index (χ2v) is 59.2. The highest BCUT2D eigenvalue weighted by Gasteiger charge is 2.55. The van der Waals surface area contributed by atoms with Crippen LogP contribution in [0, 0.1) is 70.0 Å². The van der Waals surface area contributed by atoms with Gasteiger partial charge in [0.25, 0.3) is 0 Å². The van der Waals surface area contributed by atoms with Crippen molar-refractivity contribution in [1.82, 2.24) is 0 Å². The van der Waals surface area contributed by atoms with Crippen LogP contribution in [0.3, 0.4) is 0 Å². The third-order valence-corrected chi connectivity index (χ3v) is 46.0. The zero-order chi connectivity index (χ0) is 69.2. The van der Waals surface area contributed by atoms with E-state index in [-0.39, 0.29) is 44.6 Å². The highest BCUT2D eigenvalue weighted by molar-refractivity contribution is 6.75. The zero-order valence-corrected chi connectivity index (χ0v) is 70.4. The maximum atomic E-state index is 7.34. The Hall–Kier alpha value is -0.852. The van der Waals surface area contributed by atoms with Crippen LogP contribution in [-0.2, 0) is 17.7 Å². The molecule has 0 heterocycles. The summed E-state index contributed by atoms with van der Waals surface area (Å²) in [7, 11) is -8.15. The summed E-state index contributed by atoms with van der Waals surface area (Å²) in [6, 6.07) is 0. The van der Waals surface area contributed by atoms with Gasteiger partial charge < -0.3 is 17.7 Å². The van der Waals surface area contributed by atoms with Gasteiger partial charge in [-0.15, -0.1) is 0 Å². The molecule has 6 fully saturated rings. The summed E-state index contributed by atoms with van der Waals surface area (Å²) in [6.45, 7) is 78.3. The Balaban J connectivity index is 1.23. The molecule has 0 spiro atoms. The van der Waals surface area contributed by atoms with Gasteiger partial charge in [0.15, 0.2) is 33.3 Å². The van der Waals surface area contributed by atoms with Crippen LogP contribution in [0.2, 0.25) is 72.5 Å². The molecule has 0 amide bonds. The van der Waals surface area contributed by atoms with Crippen LogP contribution >= 0.6 is 0 Å². The molecule has 6 rings (SSSR count). The first kappa shape index (κ1) is 80.1. The minimum atomic E-state index is -2.06. The second-order valence-electron chi connectivity index (χ2n) is 40.2. The third-order valence-electron chi connectivity index (χ3n) is 27.9. The molecule has 0 aromatic heterocycles. The van der Waals surface area contributed by atoms with Crippen LogP contribution in [0.5, 0.6) is 0 Å². The van der Waals surface area contributed by atoms with Crippen LogP contribution in [0.15, 0.2) is 70.9 Å². The van der Waals surface area contributed by atoms with Gasteiger partial charge >= 0.3 is 0 Å². The lowest BCUT2D eigenvalue weighted by Crippen LogP contribution is -2.49. The molecule has 0 aliphatic heterocycles. The summed E-state index contributed by atoms with van der Waals surface area (Å²) >= 11 is 0. The molecule has 14 atom stereocenters. The first-order valence-electron chi connectivity index (χ1n) is 39.0. The fourth-order valence-corrected chi connectivity index (χ4v) is 23.5. The van der Waals surface area contributed by atoms with Crippen molar-refractivity contribution in [1.29, 1.82) is 0 Å². The van der Waals surface area contributed by atoms with Crippen LogP contribution in [0.25, 0.3) is 0 Å². The smallest absolute Gasteiger partial charge is 0.192 e. The van der Waals surface area contributed by atoms with E-state index in [1.165, 1.54) is 151 Å². The van der Waals surface area contributed by atoms with Crippen LogP contribution in [0.4, 0.5) is 0 Å². The summed E-state index contributed by atoms with van der Waals surface area (Å²) in [5, 5.41) is 0.572. The number of fused-ring (bicyclic) bond motifs is 2. The van der Waals surface area contributed by atoms with E-state index in [2.05, 4.69) is 215 Å². The molecule has 0 bridgehead atoms. The Morgan fingerprint density at radius 3 is 1.04 bits per heavy atom. The number of hydrogen-bond donors (Lipinski definition) is 0. The van der Waals surface area contributed by atoms with E-state index >= 15 is 0 Å². The molecule has 530 valence electrons. The molecule has 6 aliphatic carbocycles. The maximum absolute atomic E-state index is 7.34. The lowest BCUT2D eigenvalue weighted by Gasteiger charge is -2.48. The predicted molar refractivity (Wildman–Crippen MR) is 415 cm³/mol. The van der Waals surface area contributed by atoms with Gasteiger partial charge in [-0.1, -0.05) is 264 Å². The molecule has 92 heavy (non-hydrogen) atoms. The highest BCUT2D eigenvalue weighted by atomic mass is 28.4. The van der Waals surface area contributed by atoms with Crippen LogP contribution in [-0.4, -0.2) is 57.7 Å². The first-order valence-corrected chi connectivity index (χ1v) is 50.6. The number of rotatable bonds is 27. The average molecular weight is 1340 g/mol. The Bertz CT molecular complexity index is 2370. The molecular formula is C84H154O4Si4. The topological polar surface area (TPSA) is 36.9 Å². The first-order chi connectivity index (χ1) is 42.1. The van der Waals surface area contributed by atoms with E-state index in [1.54, 1.807) is 11.1 Å². The largest absolute Gasteiger partial charge is 0.413 e. The SMILES string of the molecule is C=C1/C(=C\C=C2/C[C@H](CCCCCC[C@H]3C/C(=C\C=C4\C[C@@H](O[Si](C)(C)C(C)(C)C)C[C@H](O[Si](C)(C)C(C)(C)C)C4=C)[C@@H]4CC[C@H]([C@H](C)CCCC(C)C)[C@@]4(C)C3)C[C@]3(C)[C@@H]([C@H](C)CCCC(C)C)CC[C@@H]23)C[C@@H](O[Si](C)(C)C(C)(C)C)C[C@@H]1O[Si](C)(C)C(C)(C)C. The van der Waals surface area contributed by atoms with Crippen molar-refractivity contribution in [3.63, 3.8) is 0 Å². The van der Waals surface area contributed by atoms with Gasteiger partial charge in [0.05, 0.1) is 24.4 Å². The molecule has 6 saturated carbocycles. The molecule has 8 heteroatoms. The number of unbranched alkanes of at least 4 members (excludes halogenated alkanes) is 3. The van der Waals surface area contributed by atoms with Gasteiger partial charge in [0.1, 0.15) is 0 Å². The fraction of sp³-hybridized carbons (Fsp3) is 0.857. The van der Waals surface area contributed by atoms with Crippen LogP contribution in [0.1, 0.15) is 293 Å². The minimum absolute atomic E-state index is 0.00801. The Morgan fingerprint density at radius 2 is 0.739 bits per heavy atom. The molecule has 4 nitrogen and oxygen atoms in total. The van der Waals surface area contributed by atoms with Crippen molar-refractivity contribution in [3.05, 3.63) is 70.9 Å². The predicted octanol–water partition coefficient (Wildman–Crippen LogP) is 27.1. The van der Waals surface area contributed by atoms with E-state index in [4.69, 9.17) is 30.9 Å². The Kier molecular flexibility index (Phi) is 27.3. The second kappa shape index (κ2) is 31.4. The highest BCUT2D eigenvalue weighted by Crippen LogP contribution is 2.64. The van der Waals surface area contributed by atoms with E-state index < -0.39 is 33.3 Å². The van der Waals surface area contributed by atoms with Crippen molar-refractivity contribution in [2.24, 2.45) is 70.0 Å². The molecule has 0 unspecified atom stereocenters. The Labute approximate surface area is 577 Å². The third kappa shape index (κ3) is 20.0.